The Labute approximate surface area is 110 Å². The number of nitrogens with one attached hydrogen (secondary N) is 1. The first-order chi connectivity index (χ1) is 8.35. The number of sulfonamides is 1. The van der Waals surface area contributed by atoms with Crippen LogP contribution in [0.15, 0.2) is 18.2 Å². The third kappa shape index (κ3) is 3.11. The van der Waals surface area contributed by atoms with Crippen molar-refractivity contribution in [3.05, 3.63) is 18.2 Å². The first-order valence-corrected chi connectivity index (χ1v) is 7.99. The Morgan fingerprint density at radius 1 is 1.44 bits per heavy atom. The van der Waals surface area contributed by atoms with Crippen LogP contribution in [-0.4, -0.2) is 19.2 Å². The van der Waals surface area contributed by atoms with Gasteiger partial charge < -0.3 is 5.73 Å². The minimum atomic E-state index is -3.32. The minimum Gasteiger partial charge on any atom is -0.399 e. The molecule has 2 rings (SSSR count). The van der Waals surface area contributed by atoms with E-state index in [0.717, 1.165) is 10.2 Å². The highest BCUT2D eigenvalue weighted by atomic mass is 32.2. The number of nitrogens with zero attached hydrogens (tertiary/aromatic N) is 1. The Kier molecular flexibility index (Phi) is 3.45. The number of thiazole rings is 1. The Morgan fingerprint density at radius 2 is 2.17 bits per heavy atom. The topological polar surface area (TPSA) is 85.1 Å². The number of nitrogen functional groups attached to an aromatic ring is 1. The van der Waals surface area contributed by atoms with Crippen LogP contribution >= 0.6 is 11.3 Å². The molecule has 0 spiro atoms. The molecule has 18 heavy (non-hydrogen) atoms. The molecule has 1 heterocycles. The summed E-state index contributed by atoms with van der Waals surface area (Å²) in [5, 5.41) is 0.385. The zero-order chi connectivity index (χ0) is 13.3. The lowest BCUT2D eigenvalue weighted by atomic mass is 10.3. The van der Waals surface area contributed by atoms with Gasteiger partial charge in [-0.25, -0.2) is 13.4 Å². The average Bonchev–Trinajstić information content (AvgIpc) is 2.55. The molecule has 0 amide bonds. The molecule has 5 nitrogen and oxygen atoms in total. The third-order valence-corrected chi connectivity index (χ3v) is 4.88. The smallest absolute Gasteiger partial charge is 0.234 e. The van der Waals surface area contributed by atoms with Crippen LogP contribution in [0, 0.1) is 5.92 Å². The van der Waals surface area contributed by atoms with Crippen LogP contribution in [0.2, 0.25) is 0 Å². The van der Waals surface area contributed by atoms with E-state index in [1.165, 1.54) is 11.3 Å². The number of aromatic nitrogens is 1. The average molecular weight is 285 g/mol. The lowest BCUT2D eigenvalue weighted by molar-refractivity contribution is 0.587. The number of benzene rings is 1. The van der Waals surface area contributed by atoms with Gasteiger partial charge in [-0.1, -0.05) is 25.2 Å². The highest BCUT2D eigenvalue weighted by Crippen LogP contribution is 2.28. The second-order valence-electron chi connectivity index (χ2n) is 4.52. The molecule has 0 unspecified atom stereocenters. The molecule has 7 heteroatoms. The van der Waals surface area contributed by atoms with Gasteiger partial charge in [0.25, 0.3) is 0 Å². The van der Waals surface area contributed by atoms with Gasteiger partial charge in [-0.3, -0.25) is 4.72 Å². The van der Waals surface area contributed by atoms with E-state index in [2.05, 4.69) is 9.71 Å². The van der Waals surface area contributed by atoms with Gasteiger partial charge in [-0.2, -0.15) is 0 Å². The summed E-state index contributed by atoms with van der Waals surface area (Å²) in [5.74, 6) is 0.165. The van der Waals surface area contributed by atoms with Crippen molar-refractivity contribution in [1.29, 1.82) is 0 Å². The van der Waals surface area contributed by atoms with Crippen molar-refractivity contribution in [1.82, 2.24) is 4.98 Å². The van der Waals surface area contributed by atoms with E-state index in [0.29, 0.717) is 10.8 Å². The zero-order valence-electron chi connectivity index (χ0n) is 10.2. The normalized spacial score (nSPS) is 12.2. The van der Waals surface area contributed by atoms with E-state index in [1.807, 2.05) is 13.8 Å². The van der Waals surface area contributed by atoms with Crippen molar-refractivity contribution in [2.24, 2.45) is 5.92 Å². The van der Waals surface area contributed by atoms with Crippen molar-refractivity contribution in [2.45, 2.75) is 13.8 Å². The first-order valence-electron chi connectivity index (χ1n) is 5.52. The lowest BCUT2D eigenvalue weighted by Gasteiger charge is -2.06. The Hall–Kier alpha value is -1.34. The number of fused-ring (bicyclic) bond motifs is 1. The maximum atomic E-state index is 11.8. The summed E-state index contributed by atoms with van der Waals surface area (Å²) in [4.78, 5) is 4.22. The Bertz CT molecular complexity index is 662. The molecule has 1 aromatic carbocycles. The summed E-state index contributed by atoms with van der Waals surface area (Å²) >= 11 is 1.28. The van der Waals surface area contributed by atoms with Crippen LogP contribution in [0.5, 0.6) is 0 Å². The quantitative estimate of drug-likeness (QED) is 0.844. The van der Waals surface area contributed by atoms with Crippen molar-refractivity contribution >= 4 is 42.4 Å². The van der Waals surface area contributed by atoms with Gasteiger partial charge in [0.15, 0.2) is 5.13 Å². The largest absolute Gasteiger partial charge is 0.399 e. The van der Waals surface area contributed by atoms with Gasteiger partial charge in [0.05, 0.1) is 16.0 Å². The SMILES string of the molecule is CC(C)CS(=O)(=O)Nc1nc2ccc(N)cc2s1. The van der Waals surface area contributed by atoms with E-state index in [-0.39, 0.29) is 11.7 Å². The van der Waals surface area contributed by atoms with E-state index >= 15 is 0 Å². The number of anilines is 2. The summed E-state index contributed by atoms with van der Waals surface area (Å²) in [5.41, 5.74) is 7.05. The summed E-state index contributed by atoms with van der Waals surface area (Å²) in [6.45, 7) is 3.72. The summed E-state index contributed by atoms with van der Waals surface area (Å²) < 4.78 is 26.9. The van der Waals surface area contributed by atoms with Gasteiger partial charge in [-0.15, -0.1) is 0 Å². The maximum Gasteiger partial charge on any atom is 0.234 e. The van der Waals surface area contributed by atoms with Gasteiger partial charge in [0.1, 0.15) is 0 Å². The van der Waals surface area contributed by atoms with Crippen molar-refractivity contribution < 1.29 is 8.42 Å². The summed E-state index contributed by atoms with van der Waals surface area (Å²) in [6.07, 6.45) is 0. The lowest BCUT2D eigenvalue weighted by Crippen LogP contribution is -2.19. The molecule has 0 aliphatic heterocycles. The van der Waals surface area contributed by atoms with Gasteiger partial charge in [0, 0.05) is 5.69 Å². The predicted octanol–water partition coefficient (Wildman–Crippen LogP) is 2.28. The molecule has 1 aromatic heterocycles. The molecule has 0 fully saturated rings. The fourth-order valence-electron chi connectivity index (χ4n) is 1.60. The summed E-state index contributed by atoms with van der Waals surface area (Å²) in [6, 6.07) is 5.31. The second kappa shape index (κ2) is 4.74. The molecule has 0 saturated heterocycles. The third-order valence-electron chi connectivity index (χ3n) is 2.21. The molecule has 0 saturated carbocycles. The number of nitrogens with two attached hydrogens (primary N) is 1. The molecule has 98 valence electrons. The number of hydrogen-bond acceptors (Lipinski definition) is 5. The number of rotatable bonds is 4. The number of hydrogen-bond donors (Lipinski definition) is 2. The zero-order valence-corrected chi connectivity index (χ0v) is 11.8. The minimum absolute atomic E-state index is 0.0764. The van der Waals surface area contributed by atoms with Crippen molar-refractivity contribution in [3.8, 4) is 0 Å². The molecular formula is C11H15N3O2S2. The highest BCUT2D eigenvalue weighted by molar-refractivity contribution is 7.92. The van der Waals surface area contributed by atoms with Crippen LogP contribution in [-0.2, 0) is 10.0 Å². The van der Waals surface area contributed by atoms with Gasteiger partial charge >= 0.3 is 0 Å². The molecule has 0 atom stereocenters. The van der Waals surface area contributed by atoms with Crippen LogP contribution in [0.25, 0.3) is 10.2 Å². The fraction of sp³-hybridized carbons (Fsp3) is 0.364. The van der Waals surface area contributed by atoms with Gasteiger partial charge in [0.2, 0.25) is 10.0 Å². The van der Waals surface area contributed by atoms with Crippen molar-refractivity contribution in [3.63, 3.8) is 0 Å². The molecule has 3 N–H and O–H groups in total. The molecule has 0 aliphatic carbocycles. The van der Waals surface area contributed by atoms with Crippen LogP contribution in [0.3, 0.4) is 0 Å². The monoisotopic (exact) mass is 285 g/mol. The Morgan fingerprint density at radius 3 is 2.83 bits per heavy atom. The molecule has 0 aliphatic rings. The maximum absolute atomic E-state index is 11.8. The Balaban J connectivity index is 2.27. The van der Waals surface area contributed by atoms with E-state index in [9.17, 15) is 8.42 Å². The predicted molar refractivity (Wildman–Crippen MR) is 76.3 cm³/mol. The van der Waals surface area contributed by atoms with Crippen LogP contribution < -0.4 is 10.5 Å². The van der Waals surface area contributed by atoms with E-state index in [1.54, 1.807) is 18.2 Å². The fourth-order valence-corrected chi connectivity index (χ4v) is 4.18. The second-order valence-corrected chi connectivity index (χ2v) is 7.32. The van der Waals surface area contributed by atoms with E-state index in [4.69, 9.17) is 5.73 Å². The highest BCUT2D eigenvalue weighted by Gasteiger charge is 2.15. The van der Waals surface area contributed by atoms with Gasteiger partial charge in [-0.05, 0) is 24.1 Å². The van der Waals surface area contributed by atoms with E-state index < -0.39 is 10.0 Å². The molecule has 0 radical (unpaired) electrons. The van der Waals surface area contributed by atoms with Crippen LogP contribution in [0.1, 0.15) is 13.8 Å². The molecule has 0 bridgehead atoms. The standard InChI is InChI=1S/C11H15N3O2S2/c1-7(2)6-18(15,16)14-11-13-9-4-3-8(12)5-10(9)17-11/h3-5,7H,6,12H2,1-2H3,(H,13,14). The molecule has 2 aromatic rings. The molecular weight excluding hydrogens is 270 g/mol. The summed E-state index contributed by atoms with van der Waals surface area (Å²) in [7, 11) is -3.32. The van der Waals surface area contributed by atoms with Crippen LogP contribution in [0.4, 0.5) is 10.8 Å². The van der Waals surface area contributed by atoms with Crippen molar-refractivity contribution in [2.75, 3.05) is 16.2 Å². The first kappa shape index (κ1) is 13.1.